The maximum Gasteiger partial charge on any atom is 0.205 e. The molecule has 0 N–H and O–H groups in total. The molecular weight excluding hydrogens is 375 g/mol. The van der Waals surface area contributed by atoms with Gasteiger partial charge in [0, 0.05) is 9.13 Å². The number of tetrazole rings is 1. The quantitative estimate of drug-likeness (QED) is 0.637. The third-order valence-corrected chi connectivity index (χ3v) is 3.22. The standard InChI is InChI=1S/C13H9IN4.ClH/c14-11-6-8-12(9-7-11)18-16-13(15-17-18)10-4-2-1-3-5-10;/h1-9H;1H. The Hall–Kier alpha value is -1.47. The molecule has 0 fully saturated rings. The van der Waals surface area contributed by atoms with Crippen LogP contribution in [0.1, 0.15) is 0 Å². The summed E-state index contributed by atoms with van der Waals surface area (Å²) in [4.78, 5) is 1.54. The van der Waals surface area contributed by atoms with Gasteiger partial charge in [-0.15, -0.1) is 27.4 Å². The Morgan fingerprint density at radius 2 is 1.58 bits per heavy atom. The van der Waals surface area contributed by atoms with Gasteiger partial charge >= 0.3 is 0 Å². The molecule has 0 atom stereocenters. The van der Waals surface area contributed by atoms with Gasteiger partial charge < -0.3 is 0 Å². The lowest BCUT2D eigenvalue weighted by Gasteiger charge is -1.97. The van der Waals surface area contributed by atoms with E-state index in [1.54, 1.807) is 4.80 Å². The van der Waals surface area contributed by atoms with E-state index in [2.05, 4.69) is 38.0 Å². The van der Waals surface area contributed by atoms with Gasteiger partial charge in [0.1, 0.15) is 0 Å². The lowest BCUT2D eigenvalue weighted by molar-refractivity contribution is 0.720. The van der Waals surface area contributed by atoms with Crippen LogP contribution in [0.2, 0.25) is 0 Å². The van der Waals surface area contributed by atoms with E-state index in [-0.39, 0.29) is 12.4 Å². The van der Waals surface area contributed by atoms with Crippen LogP contribution in [0.25, 0.3) is 17.1 Å². The first kappa shape index (κ1) is 14.0. The van der Waals surface area contributed by atoms with E-state index in [1.165, 1.54) is 3.57 Å². The molecule has 0 spiro atoms. The lowest BCUT2D eigenvalue weighted by Crippen LogP contribution is -1.98. The first-order valence-corrected chi connectivity index (χ1v) is 6.52. The maximum absolute atomic E-state index is 4.37. The lowest BCUT2D eigenvalue weighted by atomic mass is 10.2. The van der Waals surface area contributed by atoms with Gasteiger partial charge in [-0.1, -0.05) is 30.3 Å². The highest BCUT2D eigenvalue weighted by molar-refractivity contribution is 14.1. The largest absolute Gasteiger partial charge is 0.205 e. The normalized spacial score (nSPS) is 9.95. The molecule has 0 bridgehead atoms. The first-order chi connectivity index (χ1) is 8.83. The van der Waals surface area contributed by atoms with Crippen molar-refractivity contribution < 1.29 is 0 Å². The highest BCUT2D eigenvalue weighted by Crippen LogP contribution is 2.14. The van der Waals surface area contributed by atoms with Crippen molar-refractivity contribution in [2.24, 2.45) is 0 Å². The zero-order valence-electron chi connectivity index (χ0n) is 9.77. The minimum absolute atomic E-state index is 0. The topological polar surface area (TPSA) is 43.6 Å². The van der Waals surface area contributed by atoms with Gasteiger partial charge in [0.05, 0.1) is 5.69 Å². The summed E-state index contributed by atoms with van der Waals surface area (Å²) in [5, 5.41) is 12.5. The summed E-state index contributed by atoms with van der Waals surface area (Å²) in [5.74, 6) is 0.633. The van der Waals surface area contributed by atoms with Gasteiger partial charge in [-0.2, -0.15) is 0 Å². The van der Waals surface area contributed by atoms with Crippen molar-refractivity contribution in [2.75, 3.05) is 0 Å². The van der Waals surface area contributed by atoms with Crippen molar-refractivity contribution in [1.29, 1.82) is 0 Å². The van der Waals surface area contributed by atoms with Crippen molar-refractivity contribution in [3.05, 3.63) is 58.2 Å². The predicted octanol–water partition coefficient (Wildman–Crippen LogP) is 3.36. The van der Waals surface area contributed by atoms with E-state index in [0.29, 0.717) is 5.82 Å². The smallest absolute Gasteiger partial charge is 0.147 e. The second-order valence-electron chi connectivity index (χ2n) is 3.74. The molecule has 2 aromatic carbocycles. The molecule has 96 valence electrons. The monoisotopic (exact) mass is 384 g/mol. The highest BCUT2D eigenvalue weighted by Gasteiger charge is 2.06. The molecule has 0 saturated heterocycles. The number of halogens is 2. The van der Waals surface area contributed by atoms with E-state index in [1.807, 2.05) is 54.6 Å². The van der Waals surface area contributed by atoms with E-state index in [0.717, 1.165) is 11.3 Å². The van der Waals surface area contributed by atoms with Crippen LogP contribution in [0.3, 0.4) is 0 Å². The summed E-state index contributed by atoms with van der Waals surface area (Å²) in [7, 11) is 0. The third kappa shape index (κ3) is 3.10. The molecule has 3 rings (SSSR count). The van der Waals surface area contributed by atoms with E-state index < -0.39 is 0 Å². The number of rotatable bonds is 2. The van der Waals surface area contributed by atoms with Crippen LogP contribution >= 0.6 is 35.0 Å². The molecular formula is C13H10ClIN4. The molecule has 4 nitrogen and oxygen atoms in total. The van der Waals surface area contributed by atoms with Gasteiger partial charge in [-0.25, -0.2) is 0 Å². The van der Waals surface area contributed by atoms with E-state index in [4.69, 9.17) is 0 Å². The number of hydrogen-bond acceptors (Lipinski definition) is 3. The molecule has 1 heterocycles. The number of benzene rings is 2. The Labute approximate surface area is 130 Å². The van der Waals surface area contributed by atoms with Crippen LogP contribution < -0.4 is 0 Å². The number of aromatic nitrogens is 4. The van der Waals surface area contributed by atoms with Gasteiger partial charge in [-0.3, -0.25) is 0 Å². The van der Waals surface area contributed by atoms with Crippen LogP contribution in [0.15, 0.2) is 54.6 Å². The van der Waals surface area contributed by atoms with Crippen LogP contribution in [0, 0.1) is 3.57 Å². The van der Waals surface area contributed by atoms with Crippen LogP contribution in [-0.4, -0.2) is 20.2 Å². The molecule has 0 radical (unpaired) electrons. The van der Waals surface area contributed by atoms with Gasteiger partial charge in [0.25, 0.3) is 0 Å². The molecule has 0 aliphatic carbocycles. The Kier molecular flexibility index (Phi) is 4.49. The molecule has 0 amide bonds. The summed E-state index contributed by atoms with van der Waals surface area (Å²) >= 11 is 2.26. The van der Waals surface area contributed by atoms with Gasteiger partial charge in [0.2, 0.25) is 5.82 Å². The van der Waals surface area contributed by atoms with Crippen LogP contribution in [0.5, 0.6) is 0 Å². The van der Waals surface area contributed by atoms with Crippen LogP contribution in [0.4, 0.5) is 0 Å². The Morgan fingerprint density at radius 3 is 2.26 bits per heavy atom. The first-order valence-electron chi connectivity index (χ1n) is 5.44. The SMILES string of the molecule is Cl.Ic1ccc(-n2nnc(-c3ccccc3)n2)cc1. The Morgan fingerprint density at radius 1 is 0.895 bits per heavy atom. The second kappa shape index (κ2) is 6.12. The van der Waals surface area contributed by atoms with Gasteiger partial charge in [0.15, 0.2) is 0 Å². The van der Waals surface area contributed by atoms with E-state index >= 15 is 0 Å². The zero-order valence-corrected chi connectivity index (χ0v) is 12.7. The van der Waals surface area contributed by atoms with E-state index in [9.17, 15) is 0 Å². The second-order valence-corrected chi connectivity index (χ2v) is 4.99. The zero-order chi connectivity index (χ0) is 12.4. The summed E-state index contributed by atoms with van der Waals surface area (Å²) in [5.41, 5.74) is 1.87. The van der Waals surface area contributed by atoms with Crippen molar-refractivity contribution in [2.45, 2.75) is 0 Å². The average molecular weight is 385 g/mol. The summed E-state index contributed by atoms with van der Waals surface area (Å²) in [6.07, 6.45) is 0. The molecule has 0 unspecified atom stereocenters. The molecule has 1 aromatic heterocycles. The maximum atomic E-state index is 4.37. The summed E-state index contributed by atoms with van der Waals surface area (Å²) < 4.78 is 1.18. The highest BCUT2D eigenvalue weighted by atomic mass is 127. The van der Waals surface area contributed by atoms with Crippen molar-refractivity contribution in [3.8, 4) is 17.1 Å². The number of hydrogen-bond donors (Lipinski definition) is 0. The number of nitrogens with zero attached hydrogens (tertiary/aromatic N) is 4. The minimum atomic E-state index is 0. The fourth-order valence-electron chi connectivity index (χ4n) is 1.60. The third-order valence-electron chi connectivity index (χ3n) is 2.50. The molecule has 19 heavy (non-hydrogen) atoms. The average Bonchev–Trinajstić information content (AvgIpc) is 2.90. The molecule has 0 saturated carbocycles. The predicted molar refractivity (Wildman–Crippen MR) is 84.6 cm³/mol. The molecule has 3 aromatic rings. The van der Waals surface area contributed by atoms with Crippen molar-refractivity contribution in [3.63, 3.8) is 0 Å². The minimum Gasteiger partial charge on any atom is -0.147 e. The van der Waals surface area contributed by atoms with Gasteiger partial charge in [-0.05, 0) is 52.1 Å². The fourth-order valence-corrected chi connectivity index (χ4v) is 1.96. The molecule has 6 heteroatoms. The Bertz CT molecular complexity index is 652. The van der Waals surface area contributed by atoms with Crippen molar-refractivity contribution >= 4 is 35.0 Å². The molecule has 0 aliphatic rings. The van der Waals surface area contributed by atoms with Crippen molar-refractivity contribution in [1.82, 2.24) is 20.2 Å². The Balaban J connectivity index is 0.00000133. The molecule has 0 aliphatic heterocycles. The fraction of sp³-hybridized carbons (Fsp3) is 0. The van der Waals surface area contributed by atoms with Crippen LogP contribution in [-0.2, 0) is 0 Å². The summed E-state index contributed by atoms with van der Waals surface area (Å²) in [6, 6.07) is 17.8. The summed E-state index contributed by atoms with van der Waals surface area (Å²) in [6.45, 7) is 0.